The first-order valence-electron chi connectivity index (χ1n) is 5.63. The van der Waals surface area contributed by atoms with Crippen molar-refractivity contribution in [2.45, 2.75) is 13.3 Å². The van der Waals surface area contributed by atoms with Crippen LogP contribution < -0.4 is 0 Å². The summed E-state index contributed by atoms with van der Waals surface area (Å²) in [4.78, 5) is 16.1. The maximum atomic E-state index is 12.1. The van der Waals surface area contributed by atoms with E-state index in [9.17, 15) is 4.79 Å². The normalized spacial score (nSPS) is 9.78. The number of nitrogens with zero attached hydrogens (tertiary/aromatic N) is 2. The van der Waals surface area contributed by atoms with Crippen molar-refractivity contribution >= 4 is 5.78 Å². The van der Waals surface area contributed by atoms with Gasteiger partial charge in [-0.1, -0.05) is 12.1 Å². The first kappa shape index (κ1) is 12.0. The van der Waals surface area contributed by atoms with Gasteiger partial charge in [0.05, 0.1) is 11.6 Å². The lowest BCUT2D eigenvalue weighted by Crippen LogP contribution is -2.05. The molecular weight excluding hydrogens is 224 g/mol. The van der Waals surface area contributed by atoms with Gasteiger partial charge in [-0.2, -0.15) is 5.26 Å². The molecule has 3 heteroatoms. The lowest BCUT2D eigenvalue weighted by Gasteiger charge is -2.04. The van der Waals surface area contributed by atoms with E-state index in [2.05, 4.69) is 4.98 Å². The van der Waals surface area contributed by atoms with Gasteiger partial charge in [-0.05, 0) is 36.2 Å². The van der Waals surface area contributed by atoms with E-state index in [-0.39, 0.29) is 5.78 Å². The van der Waals surface area contributed by atoms with Crippen molar-refractivity contribution in [1.29, 1.82) is 5.26 Å². The Hall–Kier alpha value is -2.47. The number of rotatable bonds is 3. The van der Waals surface area contributed by atoms with Gasteiger partial charge in [-0.25, -0.2) is 0 Å². The fraction of sp³-hybridized carbons (Fsp3) is 0.133. The number of Topliss-reactive ketones (excluding diaryl/α,β-unsaturated/α-hetero) is 1. The highest BCUT2D eigenvalue weighted by atomic mass is 16.1. The Morgan fingerprint density at radius 2 is 2.22 bits per heavy atom. The summed E-state index contributed by atoms with van der Waals surface area (Å²) in [5, 5.41) is 8.81. The van der Waals surface area contributed by atoms with Gasteiger partial charge >= 0.3 is 0 Å². The number of aromatic nitrogens is 1. The molecule has 0 saturated heterocycles. The number of hydrogen-bond acceptors (Lipinski definition) is 3. The van der Waals surface area contributed by atoms with E-state index in [0.717, 1.165) is 11.1 Å². The van der Waals surface area contributed by atoms with Crippen molar-refractivity contribution < 1.29 is 4.79 Å². The van der Waals surface area contributed by atoms with Crippen molar-refractivity contribution in [3.05, 3.63) is 65.0 Å². The van der Waals surface area contributed by atoms with Crippen LogP contribution in [0.5, 0.6) is 0 Å². The fourth-order valence-electron chi connectivity index (χ4n) is 1.74. The van der Waals surface area contributed by atoms with E-state index >= 15 is 0 Å². The molecule has 3 nitrogen and oxygen atoms in total. The van der Waals surface area contributed by atoms with Gasteiger partial charge in [0.1, 0.15) is 0 Å². The number of hydrogen-bond donors (Lipinski definition) is 0. The lowest BCUT2D eigenvalue weighted by atomic mass is 10.00. The molecule has 0 radical (unpaired) electrons. The zero-order chi connectivity index (χ0) is 13.0. The number of ketones is 1. The van der Waals surface area contributed by atoms with Gasteiger partial charge in [0.25, 0.3) is 0 Å². The van der Waals surface area contributed by atoms with Crippen LogP contribution >= 0.6 is 0 Å². The van der Waals surface area contributed by atoms with Gasteiger partial charge in [-0.15, -0.1) is 0 Å². The van der Waals surface area contributed by atoms with Crippen LogP contribution in [0.3, 0.4) is 0 Å². The maximum absolute atomic E-state index is 12.1. The monoisotopic (exact) mass is 236 g/mol. The minimum absolute atomic E-state index is 0.0152. The molecule has 0 N–H and O–H groups in total. The predicted octanol–water partition coefficient (Wildman–Crippen LogP) is 2.69. The summed E-state index contributed by atoms with van der Waals surface area (Å²) in [6.07, 6.45) is 3.76. The largest absolute Gasteiger partial charge is 0.294 e. The first-order chi connectivity index (χ1) is 8.70. The molecule has 0 aliphatic heterocycles. The van der Waals surface area contributed by atoms with Crippen LogP contribution in [-0.4, -0.2) is 10.8 Å². The standard InChI is InChI=1S/C15H12N2O/c1-11-10-17-6-5-13(11)8-15(18)14-4-2-3-12(7-14)9-16/h2-7,10H,8H2,1H3. The van der Waals surface area contributed by atoms with Gasteiger partial charge < -0.3 is 0 Å². The van der Waals surface area contributed by atoms with Crippen LogP contribution in [0.25, 0.3) is 0 Å². The SMILES string of the molecule is Cc1cnccc1CC(=O)c1cccc(C#N)c1. The summed E-state index contributed by atoms with van der Waals surface area (Å²) in [7, 11) is 0. The van der Waals surface area contributed by atoms with Gasteiger partial charge in [0.2, 0.25) is 0 Å². The Kier molecular flexibility index (Phi) is 3.49. The summed E-state index contributed by atoms with van der Waals surface area (Å²) >= 11 is 0. The summed E-state index contributed by atoms with van der Waals surface area (Å²) in [6.45, 7) is 1.93. The predicted molar refractivity (Wildman–Crippen MR) is 68.2 cm³/mol. The molecule has 18 heavy (non-hydrogen) atoms. The van der Waals surface area contributed by atoms with Crippen molar-refractivity contribution in [2.24, 2.45) is 0 Å². The lowest BCUT2D eigenvalue weighted by molar-refractivity contribution is 0.0992. The fourth-order valence-corrected chi connectivity index (χ4v) is 1.74. The topological polar surface area (TPSA) is 53.8 Å². The Morgan fingerprint density at radius 1 is 1.39 bits per heavy atom. The molecule has 0 atom stereocenters. The second kappa shape index (κ2) is 5.24. The van der Waals surface area contributed by atoms with Gasteiger partial charge in [0.15, 0.2) is 5.78 Å². The van der Waals surface area contributed by atoms with E-state index in [1.807, 2.05) is 19.1 Å². The molecule has 0 fully saturated rings. The van der Waals surface area contributed by atoms with Crippen molar-refractivity contribution in [1.82, 2.24) is 4.98 Å². The van der Waals surface area contributed by atoms with Crippen LogP contribution in [0.4, 0.5) is 0 Å². The van der Waals surface area contributed by atoms with Crippen LogP contribution in [0.2, 0.25) is 0 Å². The number of pyridine rings is 1. The molecule has 0 saturated carbocycles. The number of nitriles is 1. The summed E-state index contributed by atoms with van der Waals surface area (Å²) in [5.74, 6) is 0.0152. The Labute approximate surface area is 106 Å². The second-order valence-corrected chi connectivity index (χ2v) is 4.09. The molecule has 2 aromatic rings. The highest BCUT2D eigenvalue weighted by Crippen LogP contribution is 2.11. The molecule has 1 heterocycles. The minimum Gasteiger partial charge on any atom is -0.294 e. The number of benzene rings is 1. The molecule has 0 amide bonds. The highest BCUT2D eigenvalue weighted by Gasteiger charge is 2.09. The van der Waals surface area contributed by atoms with E-state index < -0.39 is 0 Å². The second-order valence-electron chi connectivity index (χ2n) is 4.09. The summed E-state index contributed by atoms with van der Waals surface area (Å²) in [5.41, 5.74) is 3.05. The molecule has 0 aliphatic rings. The molecule has 0 unspecified atom stereocenters. The molecule has 1 aromatic carbocycles. The summed E-state index contributed by atoms with van der Waals surface area (Å²) < 4.78 is 0. The summed E-state index contributed by atoms with van der Waals surface area (Å²) in [6, 6.07) is 10.7. The van der Waals surface area contributed by atoms with Crippen LogP contribution in [0.15, 0.2) is 42.7 Å². The van der Waals surface area contributed by atoms with Crippen molar-refractivity contribution in [3.63, 3.8) is 0 Å². The third kappa shape index (κ3) is 2.61. The third-order valence-corrected chi connectivity index (χ3v) is 2.80. The maximum Gasteiger partial charge on any atom is 0.167 e. The molecule has 2 rings (SSSR count). The van der Waals surface area contributed by atoms with E-state index in [1.165, 1.54) is 0 Å². The van der Waals surface area contributed by atoms with E-state index in [4.69, 9.17) is 5.26 Å². The van der Waals surface area contributed by atoms with E-state index in [1.54, 1.807) is 36.7 Å². The zero-order valence-corrected chi connectivity index (χ0v) is 10.1. The average molecular weight is 236 g/mol. The van der Waals surface area contributed by atoms with Crippen molar-refractivity contribution in [3.8, 4) is 6.07 Å². The van der Waals surface area contributed by atoms with E-state index in [0.29, 0.717) is 17.5 Å². The molecule has 0 spiro atoms. The zero-order valence-electron chi connectivity index (χ0n) is 10.1. The average Bonchev–Trinajstić information content (AvgIpc) is 2.41. The third-order valence-electron chi connectivity index (χ3n) is 2.80. The van der Waals surface area contributed by atoms with Gasteiger partial charge in [0, 0.05) is 24.4 Å². The van der Waals surface area contributed by atoms with Crippen LogP contribution in [0, 0.1) is 18.3 Å². The first-order valence-corrected chi connectivity index (χ1v) is 5.63. The molecular formula is C15H12N2O. The Bertz CT molecular complexity index is 626. The highest BCUT2D eigenvalue weighted by molar-refractivity contribution is 5.97. The van der Waals surface area contributed by atoms with Crippen LogP contribution in [-0.2, 0) is 6.42 Å². The Balaban J connectivity index is 2.23. The van der Waals surface area contributed by atoms with Gasteiger partial charge in [-0.3, -0.25) is 9.78 Å². The minimum atomic E-state index is 0.0152. The Morgan fingerprint density at radius 3 is 2.94 bits per heavy atom. The quantitative estimate of drug-likeness (QED) is 0.770. The molecule has 0 aliphatic carbocycles. The smallest absolute Gasteiger partial charge is 0.167 e. The van der Waals surface area contributed by atoms with Crippen molar-refractivity contribution in [2.75, 3.05) is 0 Å². The number of aryl methyl sites for hydroxylation is 1. The molecule has 1 aromatic heterocycles. The number of carbonyl (C=O) groups is 1. The van der Waals surface area contributed by atoms with Crippen LogP contribution in [0.1, 0.15) is 27.0 Å². The molecule has 0 bridgehead atoms. The number of carbonyl (C=O) groups excluding carboxylic acids is 1. The molecule has 88 valence electrons.